The lowest BCUT2D eigenvalue weighted by molar-refractivity contribution is -0.198. The van der Waals surface area contributed by atoms with Gasteiger partial charge < -0.3 is 9.84 Å². The van der Waals surface area contributed by atoms with E-state index in [1.165, 1.54) is 24.0 Å². The van der Waals surface area contributed by atoms with Crippen LogP contribution in [-0.4, -0.2) is 17.3 Å². The molecule has 0 saturated heterocycles. The summed E-state index contributed by atoms with van der Waals surface area (Å²) in [6.07, 6.45) is 4.49. The van der Waals surface area contributed by atoms with Crippen LogP contribution in [0.3, 0.4) is 0 Å². The van der Waals surface area contributed by atoms with E-state index in [0.29, 0.717) is 0 Å². The Morgan fingerprint density at radius 2 is 2.06 bits per heavy atom. The average molecular weight is 246 g/mol. The highest BCUT2D eigenvalue weighted by atomic mass is 16.5. The van der Waals surface area contributed by atoms with Crippen molar-refractivity contribution in [2.75, 3.05) is 0 Å². The van der Waals surface area contributed by atoms with Crippen molar-refractivity contribution in [3.8, 4) is 0 Å². The van der Waals surface area contributed by atoms with Crippen LogP contribution >= 0.6 is 0 Å². The van der Waals surface area contributed by atoms with Crippen LogP contribution in [0, 0.1) is 5.41 Å². The highest BCUT2D eigenvalue weighted by Crippen LogP contribution is 2.46. The predicted molar refractivity (Wildman–Crippen MR) is 71.4 cm³/mol. The monoisotopic (exact) mass is 246 g/mol. The van der Waals surface area contributed by atoms with Crippen molar-refractivity contribution in [1.82, 2.24) is 0 Å². The number of aliphatic hydroxyl groups is 1. The smallest absolute Gasteiger partial charge is 0.0831 e. The number of hydrogen-bond donors (Lipinski definition) is 1. The summed E-state index contributed by atoms with van der Waals surface area (Å²) in [5.41, 5.74) is 2.71. The Bertz CT molecular complexity index is 438. The normalized spacial score (nSPS) is 33.6. The van der Waals surface area contributed by atoms with Gasteiger partial charge in [0, 0.05) is 11.8 Å². The minimum atomic E-state index is -0.207. The summed E-state index contributed by atoms with van der Waals surface area (Å²) in [5, 5.41) is 9.79. The van der Waals surface area contributed by atoms with Crippen LogP contribution in [0.4, 0.5) is 0 Å². The SMILES string of the molecule is CC1(C)C(O)CC1OC1CCCc2ccccc21. The van der Waals surface area contributed by atoms with E-state index in [1.54, 1.807) is 0 Å². The molecule has 0 radical (unpaired) electrons. The summed E-state index contributed by atoms with van der Waals surface area (Å²) < 4.78 is 6.28. The molecular weight excluding hydrogens is 224 g/mol. The Hall–Kier alpha value is -0.860. The Morgan fingerprint density at radius 1 is 1.28 bits per heavy atom. The van der Waals surface area contributed by atoms with E-state index in [2.05, 4.69) is 38.1 Å². The van der Waals surface area contributed by atoms with Crippen molar-refractivity contribution >= 4 is 0 Å². The fraction of sp³-hybridized carbons (Fsp3) is 0.625. The third-order valence-corrected chi connectivity index (χ3v) is 4.77. The van der Waals surface area contributed by atoms with Gasteiger partial charge in [-0.1, -0.05) is 38.1 Å². The molecule has 1 saturated carbocycles. The van der Waals surface area contributed by atoms with Gasteiger partial charge in [0.1, 0.15) is 0 Å². The summed E-state index contributed by atoms with van der Waals surface area (Å²) in [5.74, 6) is 0. The molecule has 0 aromatic heterocycles. The molecule has 1 N–H and O–H groups in total. The van der Waals surface area contributed by atoms with E-state index in [9.17, 15) is 5.11 Å². The molecule has 0 bridgehead atoms. The average Bonchev–Trinajstić information content (AvgIpc) is 2.39. The highest BCUT2D eigenvalue weighted by Gasteiger charge is 2.49. The van der Waals surface area contributed by atoms with E-state index in [1.807, 2.05) is 0 Å². The van der Waals surface area contributed by atoms with Crippen LogP contribution in [0.2, 0.25) is 0 Å². The van der Waals surface area contributed by atoms with Crippen molar-refractivity contribution < 1.29 is 9.84 Å². The molecule has 0 heterocycles. The van der Waals surface area contributed by atoms with E-state index in [0.717, 1.165) is 12.8 Å². The second kappa shape index (κ2) is 4.36. The zero-order chi connectivity index (χ0) is 12.8. The molecule has 18 heavy (non-hydrogen) atoms. The van der Waals surface area contributed by atoms with Gasteiger partial charge in [0.25, 0.3) is 0 Å². The molecule has 2 aliphatic rings. The van der Waals surface area contributed by atoms with Gasteiger partial charge >= 0.3 is 0 Å². The number of aryl methyl sites for hydroxylation is 1. The van der Waals surface area contributed by atoms with Crippen molar-refractivity contribution in [1.29, 1.82) is 0 Å². The number of hydrogen-bond acceptors (Lipinski definition) is 2. The molecule has 2 heteroatoms. The number of ether oxygens (including phenoxy) is 1. The van der Waals surface area contributed by atoms with Crippen molar-refractivity contribution in [3.05, 3.63) is 35.4 Å². The topological polar surface area (TPSA) is 29.5 Å². The molecule has 0 amide bonds. The molecule has 0 aliphatic heterocycles. The Balaban J connectivity index is 1.76. The first-order valence-corrected chi connectivity index (χ1v) is 7.00. The molecule has 2 nitrogen and oxygen atoms in total. The first-order valence-electron chi connectivity index (χ1n) is 7.00. The third-order valence-electron chi connectivity index (χ3n) is 4.77. The van der Waals surface area contributed by atoms with Gasteiger partial charge in [-0.15, -0.1) is 0 Å². The van der Waals surface area contributed by atoms with E-state index in [4.69, 9.17) is 4.74 Å². The number of aliphatic hydroxyl groups excluding tert-OH is 1. The van der Waals surface area contributed by atoms with Crippen LogP contribution in [0.5, 0.6) is 0 Å². The van der Waals surface area contributed by atoms with Gasteiger partial charge in [0.05, 0.1) is 18.3 Å². The van der Waals surface area contributed by atoms with E-state index < -0.39 is 0 Å². The third kappa shape index (κ3) is 1.88. The van der Waals surface area contributed by atoms with Gasteiger partial charge in [0.15, 0.2) is 0 Å². The number of fused-ring (bicyclic) bond motifs is 1. The summed E-state index contributed by atoms with van der Waals surface area (Å²) in [6.45, 7) is 4.20. The minimum Gasteiger partial charge on any atom is -0.392 e. The summed E-state index contributed by atoms with van der Waals surface area (Å²) >= 11 is 0. The van der Waals surface area contributed by atoms with E-state index in [-0.39, 0.29) is 23.7 Å². The zero-order valence-electron chi connectivity index (χ0n) is 11.2. The minimum absolute atomic E-state index is 0.0909. The molecule has 1 aromatic rings. The molecular formula is C16H22O2. The summed E-state index contributed by atoms with van der Waals surface area (Å²) in [6, 6.07) is 8.62. The first kappa shape index (κ1) is 12.2. The van der Waals surface area contributed by atoms with Gasteiger partial charge in [-0.25, -0.2) is 0 Å². The van der Waals surface area contributed by atoms with Crippen LogP contribution in [0.25, 0.3) is 0 Å². The van der Waals surface area contributed by atoms with Gasteiger partial charge in [-0.3, -0.25) is 0 Å². The van der Waals surface area contributed by atoms with Crippen LogP contribution < -0.4 is 0 Å². The standard InChI is InChI=1S/C16H22O2/c1-16(2)14(17)10-15(16)18-13-9-5-7-11-6-3-4-8-12(11)13/h3-4,6,8,13-15,17H,5,7,9-10H2,1-2H3. The Labute approximate surface area is 109 Å². The number of rotatable bonds is 2. The van der Waals surface area contributed by atoms with Crippen molar-refractivity contribution in [2.45, 2.75) is 57.8 Å². The second-order valence-corrected chi connectivity index (χ2v) is 6.28. The lowest BCUT2D eigenvalue weighted by Crippen LogP contribution is -2.54. The molecule has 3 rings (SSSR count). The van der Waals surface area contributed by atoms with Crippen molar-refractivity contribution in [2.24, 2.45) is 5.41 Å². The van der Waals surface area contributed by atoms with Gasteiger partial charge in [-0.05, 0) is 30.4 Å². The molecule has 1 aromatic carbocycles. The highest BCUT2D eigenvalue weighted by molar-refractivity contribution is 5.31. The fourth-order valence-corrected chi connectivity index (χ4v) is 3.14. The van der Waals surface area contributed by atoms with Gasteiger partial charge in [0.2, 0.25) is 0 Å². The molecule has 3 atom stereocenters. The van der Waals surface area contributed by atoms with Crippen LogP contribution in [0.1, 0.15) is 50.3 Å². The molecule has 0 spiro atoms. The fourth-order valence-electron chi connectivity index (χ4n) is 3.14. The molecule has 2 aliphatic carbocycles. The van der Waals surface area contributed by atoms with Crippen molar-refractivity contribution in [3.63, 3.8) is 0 Å². The van der Waals surface area contributed by atoms with E-state index >= 15 is 0 Å². The summed E-state index contributed by atoms with van der Waals surface area (Å²) in [7, 11) is 0. The number of benzene rings is 1. The van der Waals surface area contributed by atoms with Crippen LogP contribution in [-0.2, 0) is 11.2 Å². The Morgan fingerprint density at radius 3 is 2.78 bits per heavy atom. The molecule has 3 unspecified atom stereocenters. The predicted octanol–water partition coefficient (Wildman–Crippen LogP) is 3.24. The maximum absolute atomic E-state index is 9.79. The second-order valence-electron chi connectivity index (χ2n) is 6.28. The quantitative estimate of drug-likeness (QED) is 0.868. The lowest BCUT2D eigenvalue weighted by atomic mass is 9.66. The molecule has 1 fully saturated rings. The largest absolute Gasteiger partial charge is 0.392 e. The first-order chi connectivity index (χ1) is 8.59. The summed E-state index contributed by atoms with van der Waals surface area (Å²) in [4.78, 5) is 0. The van der Waals surface area contributed by atoms with Gasteiger partial charge in [-0.2, -0.15) is 0 Å². The lowest BCUT2D eigenvalue weighted by Gasteiger charge is -2.50. The maximum atomic E-state index is 9.79. The molecule has 98 valence electrons. The maximum Gasteiger partial charge on any atom is 0.0831 e. The zero-order valence-corrected chi connectivity index (χ0v) is 11.2. The Kier molecular flexibility index (Phi) is 2.95. The van der Waals surface area contributed by atoms with Crippen LogP contribution in [0.15, 0.2) is 24.3 Å².